The van der Waals surface area contributed by atoms with E-state index in [4.69, 9.17) is 15.6 Å². The fraction of sp³-hybridized carbons (Fsp3) is 0.148. The second-order valence-electron chi connectivity index (χ2n) is 8.00. The fourth-order valence-corrected chi connectivity index (χ4v) is 4.20. The molecule has 4 rings (SSSR count). The molecule has 1 aromatic heterocycles. The molecule has 0 unspecified atom stereocenters. The number of Topliss-reactive ketones (excluding diaryl/α,β-unsaturated/α-hetero) is 1. The van der Waals surface area contributed by atoms with Crippen LogP contribution in [0.4, 0.5) is 0 Å². The molecular formula is C27H24N2O5. The second-order valence-corrected chi connectivity index (χ2v) is 8.00. The number of carbonyl (C=O) groups excluding carboxylic acids is 2. The Bertz CT molecular complexity index is 1380. The third-order valence-electron chi connectivity index (χ3n) is 5.73. The third kappa shape index (κ3) is 4.54. The quantitative estimate of drug-likeness (QED) is 0.392. The Labute approximate surface area is 196 Å². The predicted molar refractivity (Wildman–Crippen MR) is 130 cm³/mol. The van der Waals surface area contributed by atoms with Crippen molar-refractivity contribution >= 4 is 34.1 Å². The first kappa shape index (κ1) is 22.8. The van der Waals surface area contributed by atoms with E-state index in [1.54, 1.807) is 19.1 Å². The lowest BCUT2D eigenvalue weighted by Gasteiger charge is -2.12. The van der Waals surface area contributed by atoms with E-state index < -0.39 is 24.3 Å². The highest BCUT2D eigenvalue weighted by Gasteiger charge is 2.26. The summed E-state index contributed by atoms with van der Waals surface area (Å²) in [7, 11) is 0. The number of ketones is 1. The Morgan fingerprint density at radius 3 is 2.56 bits per heavy atom. The van der Waals surface area contributed by atoms with Gasteiger partial charge < -0.3 is 20.1 Å². The maximum atomic E-state index is 12.8. The van der Waals surface area contributed by atoms with Gasteiger partial charge in [-0.25, -0.2) is 4.79 Å². The van der Waals surface area contributed by atoms with Crippen LogP contribution < -0.4 is 10.5 Å². The monoisotopic (exact) mass is 456 g/mol. The van der Waals surface area contributed by atoms with Gasteiger partial charge in [0.1, 0.15) is 5.75 Å². The van der Waals surface area contributed by atoms with Gasteiger partial charge in [-0.2, -0.15) is 0 Å². The van der Waals surface area contributed by atoms with Crippen molar-refractivity contribution < 1.29 is 24.2 Å². The Balaban J connectivity index is 1.83. The third-order valence-corrected chi connectivity index (χ3v) is 5.73. The van der Waals surface area contributed by atoms with E-state index in [0.717, 1.165) is 16.7 Å². The van der Waals surface area contributed by atoms with Crippen LogP contribution in [0.3, 0.4) is 0 Å². The number of hydrogen-bond donors (Lipinski definition) is 2. The zero-order valence-electron chi connectivity index (χ0n) is 18.7. The van der Waals surface area contributed by atoms with E-state index >= 15 is 0 Å². The predicted octanol–water partition coefficient (Wildman–Crippen LogP) is 4.05. The van der Waals surface area contributed by atoms with Gasteiger partial charge in [0.2, 0.25) is 0 Å². The largest absolute Gasteiger partial charge is 0.481 e. The fourth-order valence-electron chi connectivity index (χ4n) is 4.20. The summed E-state index contributed by atoms with van der Waals surface area (Å²) in [5.74, 6) is -2.86. The first-order valence-electron chi connectivity index (χ1n) is 10.8. The lowest BCUT2D eigenvalue weighted by Crippen LogP contribution is -2.24. The van der Waals surface area contributed by atoms with Gasteiger partial charge in [-0.3, -0.25) is 9.59 Å². The average molecular weight is 456 g/mol. The van der Waals surface area contributed by atoms with Crippen molar-refractivity contribution in [2.24, 2.45) is 5.73 Å². The molecule has 0 aliphatic heterocycles. The minimum Gasteiger partial charge on any atom is -0.481 e. The number of benzene rings is 2. The van der Waals surface area contributed by atoms with Crippen LogP contribution in [0.25, 0.3) is 16.5 Å². The lowest BCUT2D eigenvalue weighted by molar-refractivity contribution is -0.139. The molecule has 2 aromatic carbocycles. The first-order chi connectivity index (χ1) is 16.4. The molecule has 3 N–H and O–H groups in total. The molecule has 0 spiro atoms. The number of aliphatic carboxylic acids is 1. The Morgan fingerprint density at radius 2 is 1.85 bits per heavy atom. The molecule has 1 aliphatic carbocycles. The highest BCUT2D eigenvalue weighted by atomic mass is 16.5. The van der Waals surface area contributed by atoms with Crippen molar-refractivity contribution in [1.29, 1.82) is 0 Å². The summed E-state index contributed by atoms with van der Waals surface area (Å²) in [4.78, 5) is 35.7. The molecule has 1 aliphatic rings. The maximum Gasteiger partial charge on any atom is 0.341 e. The maximum absolute atomic E-state index is 12.8. The molecule has 0 atom stereocenters. The summed E-state index contributed by atoms with van der Waals surface area (Å²) in [5, 5.41) is 9.43. The van der Waals surface area contributed by atoms with E-state index in [0.29, 0.717) is 29.6 Å². The molecule has 34 heavy (non-hydrogen) atoms. The van der Waals surface area contributed by atoms with Crippen LogP contribution in [0.15, 0.2) is 78.4 Å². The van der Waals surface area contributed by atoms with Crippen LogP contribution in [-0.4, -0.2) is 33.9 Å². The van der Waals surface area contributed by atoms with Gasteiger partial charge >= 0.3 is 5.97 Å². The van der Waals surface area contributed by atoms with Crippen LogP contribution in [0.1, 0.15) is 28.0 Å². The molecule has 3 aromatic rings. The van der Waals surface area contributed by atoms with Crippen LogP contribution in [0.5, 0.6) is 5.75 Å². The molecule has 0 saturated carbocycles. The van der Waals surface area contributed by atoms with Gasteiger partial charge in [0.25, 0.3) is 11.7 Å². The SMILES string of the molecule is Cc1c(C(=O)C(N)=O)c2c(OCC(=O)O)cccc2n1CC1=CC(c2ccccc2)=CC=CC1. The Morgan fingerprint density at radius 1 is 1.09 bits per heavy atom. The minimum absolute atomic E-state index is 0.132. The van der Waals surface area contributed by atoms with Crippen molar-refractivity contribution in [3.8, 4) is 5.75 Å². The van der Waals surface area contributed by atoms with Gasteiger partial charge in [0.15, 0.2) is 6.61 Å². The number of allylic oxidation sites excluding steroid dienone is 6. The number of rotatable bonds is 8. The van der Waals surface area contributed by atoms with Crippen LogP contribution in [0, 0.1) is 6.92 Å². The van der Waals surface area contributed by atoms with Crippen LogP contribution in [-0.2, 0) is 16.1 Å². The summed E-state index contributed by atoms with van der Waals surface area (Å²) < 4.78 is 7.39. The molecule has 0 radical (unpaired) electrons. The van der Waals surface area contributed by atoms with Gasteiger partial charge in [0, 0.05) is 12.2 Å². The highest BCUT2D eigenvalue weighted by molar-refractivity contribution is 6.45. The van der Waals surface area contributed by atoms with Crippen molar-refractivity contribution in [1.82, 2.24) is 4.57 Å². The lowest BCUT2D eigenvalue weighted by atomic mass is 10.0. The van der Waals surface area contributed by atoms with Crippen LogP contribution in [0.2, 0.25) is 0 Å². The first-order valence-corrected chi connectivity index (χ1v) is 10.8. The highest BCUT2D eigenvalue weighted by Crippen LogP contribution is 2.35. The summed E-state index contributed by atoms with van der Waals surface area (Å²) in [6.45, 7) is 1.64. The van der Waals surface area contributed by atoms with Gasteiger partial charge in [-0.1, -0.05) is 60.7 Å². The number of nitrogens with zero attached hydrogens (tertiary/aromatic N) is 1. The molecule has 1 heterocycles. The number of nitrogens with two attached hydrogens (primary N) is 1. The van der Waals surface area contributed by atoms with E-state index in [1.165, 1.54) is 0 Å². The summed E-state index contributed by atoms with van der Waals surface area (Å²) in [5.41, 5.74) is 9.94. The molecule has 172 valence electrons. The second kappa shape index (κ2) is 9.62. The summed E-state index contributed by atoms with van der Waals surface area (Å²) in [6.07, 6.45) is 8.98. The smallest absolute Gasteiger partial charge is 0.341 e. The van der Waals surface area contributed by atoms with Crippen molar-refractivity contribution in [2.45, 2.75) is 19.9 Å². The molecule has 1 amide bonds. The normalized spacial score (nSPS) is 13.2. The molecule has 0 bridgehead atoms. The number of amides is 1. The molecule has 7 heteroatoms. The standard InChI is InChI=1S/C27H24N2O5/c1-17-24(26(32)27(28)33)25-21(12-7-13-22(25)34-16-23(30)31)29(17)15-18-8-5-6-11-20(14-18)19-9-3-2-4-10-19/h2-7,9-14H,8,15-16H2,1H3,(H2,28,33)(H,30,31). The van der Waals surface area contributed by atoms with E-state index in [9.17, 15) is 14.4 Å². The number of primary amides is 1. The zero-order chi connectivity index (χ0) is 24.2. The number of hydrogen-bond acceptors (Lipinski definition) is 4. The Hall–Kier alpha value is -4.39. The molecule has 0 saturated heterocycles. The molecule has 0 fully saturated rings. The Kier molecular flexibility index (Phi) is 6.45. The van der Waals surface area contributed by atoms with Crippen LogP contribution >= 0.6 is 0 Å². The summed E-state index contributed by atoms with van der Waals surface area (Å²) >= 11 is 0. The number of ether oxygens (including phenoxy) is 1. The van der Waals surface area contributed by atoms with E-state index in [2.05, 4.69) is 18.2 Å². The van der Waals surface area contributed by atoms with Gasteiger partial charge in [-0.15, -0.1) is 0 Å². The molecule has 7 nitrogen and oxygen atoms in total. The molecular weight excluding hydrogens is 432 g/mol. The van der Waals surface area contributed by atoms with E-state index in [1.807, 2.05) is 47.0 Å². The van der Waals surface area contributed by atoms with Crippen molar-refractivity contribution in [3.63, 3.8) is 0 Å². The summed E-state index contributed by atoms with van der Waals surface area (Å²) in [6, 6.07) is 15.2. The topological polar surface area (TPSA) is 112 Å². The number of carboxylic acids is 1. The number of carboxylic acid groups (broad SMARTS) is 1. The zero-order valence-corrected chi connectivity index (χ0v) is 18.7. The van der Waals surface area contributed by atoms with E-state index in [-0.39, 0.29) is 11.3 Å². The van der Waals surface area contributed by atoms with Crippen molar-refractivity contribution in [3.05, 3.63) is 95.2 Å². The number of carbonyl (C=O) groups is 3. The minimum atomic E-state index is -1.15. The number of fused-ring (bicyclic) bond motifs is 1. The number of aromatic nitrogens is 1. The van der Waals surface area contributed by atoms with Gasteiger partial charge in [-0.05, 0) is 42.2 Å². The van der Waals surface area contributed by atoms with Gasteiger partial charge in [0.05, 0.1) is 16.5 Å². The average Bonchev–Trinajstić information content (AvgIpc) is 2.96. The van der Waals surface area contributed by atoms with Crippen molar-refractivity contribution in [2.75, 3.05) is 6.61 Å².